The molecule has 0 amide bonds. The minimum Gasteiger partial charge on any atom is -0.425 e. The molecule has 0 radical (unpaired) electrons. The lowest BCUT2D eigenvalue weighted by Gasteiger charge is -2.06. The monoisotopic (exact) mass is 264 g/mol. The summed E-state index contributed by atoms with van der Waals surface area (Å²) >= 11 is 0. The van der Waals surface area contributed by atoms with Crippen molar-refractivity contribution in [3.63, 3.8) is 0 Å². The Morgan fingerprint density at radius 1 is 1.11 bits per heavy atom. The molecule has 0 unspecified atom stereocenters. The lowest BCUT2D eigenvalue weighted by molar-refractivity contribution is -0.167. The second-order valence-electron chi connectivity index (χ2n) is 2.66. The summed E-state index contributed by atoms with van der Waals surface area (Å²) in [5.41, 5.74) is 0.156. The van der Waals surface area contributed by atoms with Gasteiger partial charge in [0.2, 0.25) is 6.79 Å². The van der Waals surface area contributed by atoms with Crippen molar-refractivity contribution in [2.45, 2.75) is 14.4 Å². The first-order valence-electron chi connectivity index (χ1n) is 4.36. The van der Waals surface area contributed by atoms with Crippen molar-refractivity contribution in [1.82, 2.24) is 0 Å². The molecule has 0 saturated heterocycles. The molecule has 1 N–H and O–H groups in total. The molecule has 0 aromatic carbocycles. The highest BCUT2D eigenvalue weighted by Gasteiger charge is 2.10. The number of rotatable bonds is 6. The zero-order valence-corrected chi connectivity index (χ0v) is 9.13. The van der Waals surface area contributed by atoms with Gasteiger partial charge in [-0.15, -0.1) is 0 Å². The quantitative estimate of drug-likeness (QED) is 0.415. The summed E-state index contributed by atoms with van der Waals surface area (Å²) < 4.78 is 17.0. The molecule has 0 spiro atoms. The van der Waals surface area contributed by atoms with Crippen molar-refractivity contribution in [2.75, 3.05) is 20.2 Å². The van der Waals surface area contributed by atoms with E-state index in [-0.39, 0.29) is 13.0 Å². The van der Waals surface area contributed by atoms with Gasteiger partial charge in [0.05, 0.1) is 0 Å². The number of hydrogen-bond donors (Lipinski definition) is 1. The Morgan fingerprint density at radius 2 is 1.72 bits per heavy atom. The SMILES string of the molecule is C.C=C(C)C(=O)OCOC(=O)COC(=O)OCO. The van der Waals surface area contributed by atoms with Crippen molar-refractivity contribution in [1.29, 1.82) is 0 Å². The minimum atomic E-state index is -1.22. The molecule has 0 aromatic heterocycles. The number of carbonyl (C=O) groups excluding carboxylic acids is 3. The van der Waals surface area contributed by atoms with E-state index in [1.54, 1.807) is 0 Å². The number of ether oxygens (including phenoxy) is 4. The summed E-state index contributed by atoms with van der Waals surface area (Å²) in [4.78, 5) is 32.2. The third-order valence-corrected chi connectivity index (χ3v) is 1.25. The Bertz CT molecular complexity index is 309. The molecule has 104 valence electrons. The van der Waals surface area contributed by atoms with Gasteiger partial charge in [-0.3, -0.25) is 0 Å². The van der Waals surface area contributed by atoms with E-state index in [4.69, 9.17) is 5.11 Å². The second kappa shape index (κ2) is 10.1. The van der Waals surface area contributed by atoms with Crippen molar-refractivity contribution >= 4 is 18.1 Å². The van der Waals surface area contributed by atoms with Gasteiger partial charge in [0.25, 0.3) is 0 Å². The van der Waals surface area contributed by atoms with Crippen LogP contribution in [0.4, 0.5) is 4.79 Å². The van der Waals surface area contributed by atoms with Crippen LogP contribution < -0.4 is 0 Å². The van der Waals surface area contributed by atoms with Crippen LogP contribution in [-0.2, 0) is 28.5 Å². The van der Waals surface area contributed by atoms with Crippen LogP contribution in [0.5, 0.6) is 0 Å². The third kappa shape index (κ3) is 9.16. The molecule has 0 atom stereocenters. The maximum atomic E-state index is 10.9. The van der Waals surface area contributed by atoms with E-state index >= 15 is 0 Å². The second-order valence-corrected chi connectivity index (χ2v) is 2.66. The Kier molecular flexibility index (Phi) is 10.2. The molecule has 18 heavy (non-hydrogen) atoms. The van der Waals surface area contributed by atoms with Gasteiger partial charge in [-0.1, -0.05) is 14.0 Å². The van der Waals surface area contributed by atoms with E-state index in [2.05, 4.69) is 25.5 Å². The standard InChI is InChI=1S/C9H12O8.CH4/c1-6(2)8(12)17-5-16-7(11)3-14-9(13)15-4-10;/h10H,1,3-5H2,2H3;1H4. The van der Waals surface area contributed by atoms with E-state index < -0.39 is 38.3 Å². The molecular formula is C10H16O8. The number of carbonyl (C=O) groups is 3. The largest absolute Gasteiger partial charge is 0.510 e. The van der Waals surface area contributed by atoms with Crippen LogP contribution >= 0.6 is 0 Å². The average Bonchev–Trinajstić information content (AvgIpc) is 2.26. The fourth-order valence-electron chi connectivity index (χ4n) is 0.526. The van der Waals surface area contributed by atoms with Gasteiger partial charge in [-0.2, -0.15) is 0 Å². The summed E-state index contributed by atoms with van der Waals surface area (Å²) in [7, 11) is 0. The van der Waals surface area contributed by atoms with Gasteiger partial charge in [-0.25, -0.2) is 14.4 Å². The summed E-state index contributed by atoms with van der Waals surface area (Å²) in [6.45, 7) is 2.55. The highest BCUT2D eigenvalue weighted by molar-refractivity contribution is 5.86. The predicted octanol–water partition coefficient (Wildman–Crippen LogP) is 0.346. The van der Waals surface area contributed by atoms with Gasteiger partial charge in [0, 0.05) is 5.57 Å². The molecule has 0 aromatic rings. The first-order valence-corrected chi connectivity index (χ1v) is 4.36. The van der Waals surface area contributed by atoms with Gasteiger partial charge in [-0.05, 0) is 6.92 Å². The molecule has 0 bridgehead atoms. The molecule has 0 rings (SSSR count). The molecule has 8 nitrogen and oxygen atoms in total. The van der Waals surface area contributed by atoms with Crippen LogP contribution in [0.3, 0.4) is 0 Å². The molecule has 8 heteroatoms. The van der Waals surface area contributed by atoms with E-state index in [1.165, 1.54) is 6.92 Å². The Labute approximate surface area is 104 Å². The van der Waals surface area contributed by atoms with Gasteiger partial charge < -0.3 is 24.1 Å². The van der Waals surface area contributed by atoms with Gasteiger partial charge in [0.1, 0.15) is 0 Å². The number of hydrogen-bond acceptors (Lipinski definition) is 8. The topological polar surface area (TPSA) is 108 Å². The number of aliphatic hydroxyl groups excluding tert-OH is 1. The molecule has 0 fully saturated rings. The maximum Gasteiger partial charge on any atom is 0.510 e. The first-order chi connectivity index (χ1) is 7.97. The summed E-state index contributed by atoms with van der Waals surface area (Å²) in [5.74, 6) is -1.65. The van der Waals surface area contributed by atoms with Gasteiger partial charge in [0.15, 0.2) is 13.4 Å². The summed E-state index contributed by atoms with van der Waals surface area (Å²) in [5, 5.41) is 8.15. The average molecular weight is 264 g/mol. The van der Waals surface area contributed by atoms with E-state index in [9.17, 15) is 14.4 Å². The van der Waals surface area contributed by atoms with Crippen molar-refractivity contribution in [3.8, 4) is 0 Å². The van der Waals surface area contributed by atoms with Crippen LogP contribution in [0, 0.1) is 0 Å². The fraction of sp³-hybridized carbons (Fsp3) is 0.500. The van der Waals surface area contributed by atoms with Gasteiger partial charge >= 0.3 is 18.1 Å². The zero-order valence-electron chi connectivity index (χ0n) is 9.13. The van der Waals surface area contributed by atoms with E-state index in [0.29, 0.717) is 0 Å². The third-order valence-electron chi connectivity index (χ3n) is 1.25. The summed E-state index contributed by atoms with van der Waals surface area (Å²) in [6, 6.07) is 0. The summed E-state index contributed by atoms with van der Waals surface area (Å²) in [6.07, 6.45) is -1.22. The molecule has 0 aliphatic carbocycles. The smallest absolute Gasteiger partial charge is 0.425 e. The van der Waals surface area contributed by atoms with Crippen molar-refractivity contribution in [3.05, 3.63) is 12.2 Å². The first kappa shape index (κ1) is 18.3. The van der Waals surface area contributed by atoms with Crippen LogP contribution in [0.2, 0.25) is 0 Å². The predicted molar refractivity (Wildman–Crippen MR) is 58.1 cm³/mol. The van der Waals surface area contributed by atoms with Crippen LogP contribution in [0.25, 0.3) is 0 Å². The maximum absolute atomic E-state index is 10.9. The number of esters is 2. The number of aliphatic hydroxyl groups is 1. The highest BCUT2D eigenvalue weighted by atomic mass is 16.8. The Morgan fingerprint density at radius 3 is 2.22 bits per heavy atom. The lowest BCUT2D eigenvalue weighted by atomic mass is 10.4. The normalized spacial score (nSPS) is 8.56. The van der Waals surface area contributed by atoms with Crippen LogP contribution in [0.15, 0.2) is 12.2 Å². The molecule has 0 heterocycles. The molecule has 0 aliphatic heterocycles. The molecule has 0 aliphatic rings. The molecular weight excluding hydrogens is 248 g/mol. The van der Waals surface area contributed by atoms with Crippen molar-refractivity contribution < 1.29 is 38.4 Å². The lowest BCUT2D eigenvalue weighted by Crippen LogP contribution is -2.19. The van der Waals surface area contributed by atoms with Crippen molar-refractivity contribution in [2.24, 2.45) is 0 Å². The Hall–Kier alpha value is -2.09. The van der Waals surface area contributed by atoms with Crippen LogP contribution in [0.1, 0.15) is 14.4 Å². The van der Waals surface area contributed by atoms with Crippen LogP contribution in [-0.4, -0.2) is 43.4 Å². The molecule has 0 saturated carbocycles. The highest BCUT2D eigenvalue weighted by Crippen LogP contribution is 1.93. The minimum absolute atomic E-state index is 0. The van der Waals surface area contributed by atoms with E-state index in [0.717, 1.165) is 0 Å². The Balaban J connectivity index is 0. The van der Waals surface area contributed by atoms with E-state index in [1.807, 2.05) is 0 Å². The zero-order chi connectivity index (χ0) is 13.3. The fourth-order valence-corrected chi connectivity index (χ4v) is 0.526.